The maximum Gasteiger partial charge on any atom is 0.129 e. The van der Waals surface area contributed by atoms with Crippen LogP contribution in [0.5, 0.6) is 5.75 Å². The van der Waals surface area contributed by atoms with Crippen LogP contribution in [0.2, 0.25) is 5.02 Å². The van der Waals surface area contributed by atoms with Gasteiger partial charge in [0, 0.05) is 15.1 Å². The summed E-state index contributed by atoms with van der Waals surface area (Å²) < 4.78 is 7.44. The normalized spacial score (nSPS) is 10.7. The fraction of sp³-hybridized carbons (Fsp3) is 0.111. The van der Waals surface area contributed by atoms with Crippen LogP contribution in [0.25, 0.3) is 10.1 Å². The van der Waals surface area contributed by atoms with Gasteiger partial charge in [0.25, 0.3) is 0 Å². The molecule has 68 valence electrons. The van der Waals surface area contributed by atoms with Crippen molar-refractivity contribution in [2.24, 2.45) is 0 Å². The highest BCUT2D eigenvalue weighted by atomic mass is 79.9. The monoisotopic (exact) mass is 276 g/mol. The smallest absolute Gasteiger partial charge is 0.129 e. The summed E-state index contributed by atoms with van der Waals surface area (Å²) >= 11 is 11.0. The molecule has 0 aliphatic rings. The number of halogens is 2. The van der Waals surface area contributed by atoms with Crippen molar-refractivity contribution in [2.75, 3.05) is 7.11 Å². The molecule has 0 amide bonds. The number of thiophene rings is 1. The van der Waals surface area contributed by atoms with E-state index in [1.807, 2.05) is 18.2 Å². The molecule has 0 saturated carbocycles. The lowest BCUT2D eigenvalue weighted by molar-refractivity contribution is 0.420. The van der Waals surface area contributed by atoms with Crippen LogP contribution in [-0.2, 0) is 0 Å². The van der Waals surface area contributed by atoms with Crippen molar-refractivity contribution in [3.8, 4) is 5.75 Å². The molecule has 0 N–H and O–H groups in total. The molecule has 0 saturated heterocycles. The second-order valence-corrected chi connectivity index (χ2v) is 5.47. The van der Waals surface area contributed by atoms with Crippen LogP contribution < -0.4 is 4.74 Å². The van der Waals surface area contributed by atoms with Gasteiger partial charge in [-0.25, -0.2) is 0 Å². The Bertz CT molecular complexity index is 452. The Morgan fingerprint density at radius 2 is 2.15 bits per heavy atom. The predicted molar refractivity (Wildman–Crippen MR) is 61.1 cm³/mol. The van der Waals surface area contributed by atoms with Crippen molar-refractivity contribution < 1.29 is 4.74 Å². The Morgan fingerprint density at radius 1 is 1.38 bits per heavy atom. The van der Waals surface area contributed by atoms with Crippen LogP contribution in [0.3, 0.4) is 0 Å². The van der Waals surface area contributed by atoms with Crippen LogP contribution in [0.15, 0.2) is 22.0 Å². The van der Waals surface area contributed by atoms with E-state index >= 15 is 0 Å². The minimum atomic E-state index is 0.707. The first-order chi connectivity index (χ1) is 6.20. The first-order valence-corrected chi connectivity index (χ1v) is 5.62. The van der Waals surface area contributed by atoms with Gasteiger partial charge in [0.2, 0.25) is 0 Å². The number of benzene rings is 1. The van der Waals surface area contributed by atoms with E-state index in [2.05, 4.69) is 15.9 Å². The van der Waals surface area contributed by atoms with Crippen LogP contribution in [0, 0.1) is 0 Å². The molecule has 1 nitrogen and oxygen atoms in total. The second kappa shape index (κ2) is 3.48. The third-order valence-electron chi connectivity index (χ3n) is 1.75. The van der Waals surface area contributed by atoms with Gasteiger partial charge in [0.05, 0.1) is 10.9 Å². The zero-order valence-corrected chi connectivity index (χ0v) is 9.96. The fourth-order valence-electron chi connectivity index (χ4n) is 1.21. The zero-order valence-electron chi connectivity index (χ0n) is 6.80. The molecule has 0 fully saturated rings. The second-order valence-electron chi connectivity index (χ2n) is 2.57. The van der Waals surface area contributed by atoms with E-state index in [9.17, 15) is 0 Å². The maximum absolute atomic E-state index is 5.92. The first-order valence-electron chi connectivity index (χ1n) is 3.63. The van der Waals surface area contributed by atoms with Crippen molar-refractivity contribution in [1.29, 1.82) is 0 Å². The van der Waals surface area contributed by atoms with Crippen molar-refractivity contribution in [2.45, 2.75) is 0 Å². The van der Waals surface area contributed by atoms with Crippen molar-refractivity contribution in [1.82, 2.24) is 0 Å². The lowest BCUT2D eigenvalue weighted by Crippen LogP contribution is -1.82. The molecule has 4 heteroatoms. The Labute approximate surface area is 93.4 Å². The quantitative estimate of drug-likeness (QED) is 0.754. The average Bonchev–Trinajstić information content (AvgIpc) is 2.43. The van der Waals surface area contributed by atoms with E-state index in [1.54, 1.807) is 18.4 Å². The molecule has 0 bridgehead atoms. The van der Waals surface area contributed by atoms with E-state index in [-0.39, 0.29) is 0 Å². The van der Waals surface area contributed by atoms with Crippen LogP contribution in [0.4, 0.5) is 0 Å². The number of rotatable bonds is 1. The highest BCUT2D eigenvalue weighted by Crippen LogP contribution is 2.37. The van der Waals surface area contributed by atoms with Gasteiger partial charge in [-0.3, -0.25) is 0 Å². The van der Waals surface area contributed by atoms with Crippen molar-refractivity contribution in [3.05, 3.63) is 27.0 Å². The standard InChI is InChI=1S/C9H6BrClOS/c1-12-7-2-5(11)3-8-6(7)4-9(10)13-8/h2-4H,1H3. The molecule has 0 atom stereocenters. The summed E-state index contributed by atoms with van der Waals surface area (Å²) in [5.41, 5.74) is 0. The predicted octanol–water partition coefficient (Wildman–Crippen LogP) is 4.33. The van der Waals surface area contributed by atoms with E-state index in [0.717, 1.165) is 19.6 Å². The maximum atomic E-state index is 5.92. The molecule has 0 radical (unpaired) electrons. The average molecular weight is 278 g/mol. The van der Waals surface area contributed by atoms with E-state index in [1.165, 1.54) is 0 Å². The Kier molecular flexibility index (Phi) is 2.49. The lowest BCUT2D eigenvalue weighted by Gasteiger charge is -2.01. The summed E-state index contributed by atoms with van der Waals surface area (Å²) in [7, 11) is 1.65. The Morgan fingerprint density at radius 3 is 2.85 bits per heavy atom. The van der Waals surface area contributed by atoms with Gasteiger partial charge >= 0.3 is 0 Å². The molecule has 13 heavy (non-hydrogen) atoms. The molecule has 1 aromatic carbocycles. The SMILES string of the molecule is COc1cc(Cl)cc2sc(Br)cc12. The van der Waals surface area contributed by atoms with Gasteiger partial charge in [-0.2, -0.15) is 0 Å². The third kappa shape index (κ3) is 1.68. The van der Waals surface area contributed by atoms with E-state index in [4.69, 9.17) is 16.3 Å². The van der Waals surface area contributed by atoms with Crippen molar-refractivity contribution >= 4 is 49.0 Å². The summed E-state index contributed by atoms with van der Waals surface area (Å²) in [5, 5.41) is 1.81. The number of hydrogen-bond donors (Lipinski definition) is 0. The van der Waals surface area contributed by atoms with Gasteiger partial charge in [0.1, 0.15) is 5.75 Å². The summed E-state index contributed by atoms with van der Waals surface area (Å²) in [4.78, 5) is 0. The minimum Gasteiger partial charge on any atom is -0.496 e. The molecule has 1 heterocycles. The molecule has 0 aliphatic carbocycles. The Balaban J connectivity index is 2.80. The highest BCUT2D eigenvalue weighted by molar-refractivity contribution is 9.11. The molecule has 0 spiro atoms. The van der Waals surface area contributed by atoms with E-state index < -0.39 is 0 Å². The summed E-state index contributed by atoms with van der Waals surface area (Å²) in [6.45, 7) is 0. The van der Waals surface area contributed by atoms with Crippen LogP contribution >= 0.6 is 38.9 Å². The number of hydrogen-bond acceptors (Lipinski definition) is 2. The first kappa shape index (κ1) is 9.31. The number of ether oxygens (including phenoxy) is 1. The zero-order chi connectivity index (χ0) is 9.42. The van der Waals surface area contributed by atoms with Crippen LogP contribution in [0.1, 0.15) is 0 Å². The summed E-state index contributed by atoms with van der Waals surface area (Å²) in [6, 6.07) is 5.80. The summed E-state index contributed by atoms with van der Waals surface area (Å²) in [5.74, 6) is 0.824. The van der Waals surface area contributed by atoms with Crippen molar-refractivity contribution in [3.63, 3.8) is 0 Å². The number of methoxy groups -OCH3 is 1. The lowest BCUT2D eigenvalue weighted by atomic mass is 10.2. The summed E-state index contributed by atoms with van der Waals surface area (Å²) in [6.07, 6.45) is 0. The molecule has 2 aromatic rings. The largest absolute Gasteiger partial charge is 0.496 e. The van der Waals surface area contributed by atoms with Gasteiger partial charge in [0.15, 0.2) is 0 Å². The van der Waals surface area contributed by atoms with Gasteiger partial charge in [-0.1, -0.05) is 11.6 Å². The molecule has 2 rings (SSSR count). The van der Waals surface area contributed by atoms with Gasteiger partial charge in [-0.15, -0.1) is 11.3 Å². The van der Waals surface area contributed by atoms with E-state index in [0.29, 0.717) is 5.02 Å². The fourth-order valence-corrected chi connectivity index (χ4v) is 3.08. The van der Waals surface area contributed by atoms with Crippen LogP contribution in [-0.4, -0.2) is 7.11 Å². The molecule has 0 aliphatic heterocycles. The molecular weight excluding hydrogens is 272 g/mol. The topological polar surface area (TPSA) is 9.23 Å². The Hall–Kier alpha value is -0.250. The third-order valence-corrected chi connectivity index (χ3v) is 3.56. The van der Waals surface area contributed by atoms with Gasteiger partial charge in [-0.05, 0) is 34.1 Å². The molecule has 1 aromatic heterocycles. The number of fused-ring (bicyclic) bond motifs is 1. The van der Waals surface area contributed by atoms with Gasteiger partial charge < -0.3 is 4.74 Å². The molecule has 0 unspecified atom stereocenters. The minimum absolute atomic E-state index is 0.707. The molecular formula is C9H6BrClOS. The highest BCUT2D eigenvalue weighted by Gasteiger charge is 2.06.